The minimum atomic E-state index is -3.23. The maximum Gasteiger partial charge on any atom is 0.293 e. The third-order valence-corrected chi connectivity index (χ3v) is 5.13. The summed E-state index contributed by atoms with van der Waals surface area (Å²) >= 11 is 3.21. The molecular formula is C12H16BrN3O4S. The van der Waals surface area contributed by atoms with Crippen molar-refractivity contribution in [2.45, 2.75) is 18.9 Å². The Kier molecular flexibility index (Phi) is 4.84. The number of hydrogen-bond acceptors (Lipinski definition) is 5. The van der Waals surface area contributed by atoms with E-state index in [-0.39, 0.29) is 11.7 Å². The van der Waals surface area contributed by atoms with Gasteiger partial charge in [0.05, 0.1) is 11.2 Å². The van der Waals surface area contributed by atoms with Gasteiger partial charge in [0.1, 0.15) is 5.69 Å². The molecule has 9 heteroatoms. The van der Waals surface area contributed by atoms with Crippen LogP contribution in [-0.2, 0) is 10.0 Å². The molecule has 7 nitrogen and oxygen atoms in total. The molecule has 0 bridgehead atoms. The van der Waals surface area contributed by atoms with Crippen molar-refractivity contribution in [3.63, 3.8) is 0 Å². The van der Waals surface area contributed by atoms with Gasteiger partial charge in [-0.25, -0.2) is 12.7 Å². The number of rotatable bonds is 4. The number of nitro benzene ring substituents is 1. The number of halogens is 1. The highest BCUT2D eigenvalue weighted by Gasteiger charge is 2.27. The van der Waals surface area contributed by atoms with Gasteiger partial charge in [-0.15, -0.1) is 0 Å². The largest absolute Gasteiger partial charge is 0.375 e. The van der Waals surface area contributed by atoms with Crippen molar-refractivity contribution in [1.29, 1.82) is 0 Å². The van der Waals surface area contributed by atoms with Gasteiger partial charge in [0.15, 0.2) is 0 Å². The highest BCUT2D eigenvalue weighted by atomic mass is 79.9. The zero-order valence-electron chi connectivity index (χ0n) is 11.5. The molecule has 0 aliphatic carbocycles. The molecule has 116 valence electrons. The van der Waals surface area contributed by atoms with Gasteiger partial charge in [0.25, 0.3) is 5.69 Å². The van der Waals surface area contributed by atoms with Crippen LogP contribution in [0.4, 0.5) is 11.4 Å². The van der Waals surface area contributed by atoms with Gasteiger partial charge in [0.2, 0.25) is 10.0 Å². The van der Waals surface area contributed by atoms with Crippen molar-refractivity contribution in [2.24, 2.45) is 0 Å². The van der Waals surface area contributed by atoms with Crippen molar-refractivity contribution in [2.75, 3.05) is 24.7 Å². The van der Waals surface area contributed by atoms with E-state index < -0.39 is 14.9 Å². The highest BCUT2D eigenvalue weighted by molar-refractivity contribution is 9.10. The van der Waals surface area contributed by atoms with E-state index in [1.54, 1.807) is 12.1 Å². The zero-order chi connectivity index (χ0) is 15.6. The second-order valence-electron chi connectivity index (χ2n) is 5.02. The normalized spacial score (nSPS) is 20.2. The predicted octanol–water partition coefficient (Wildman–Crippen LogP) is 2.19. The summed E-state index contributed by atoms with van der Waals surface area (Å²) in [5.74, 6) is 0. The van der Waals surface area contributed by atoms with E-state index in [1.165, 1.54) is 16.6 Å². The molecule has 0 aromatic heterocycles. The van der Waals surface area contributed by atoms with E-state index in [1.807, 2.05) is 0 Å². The van der Waals surface area contributed by atoms with E-state index in [2.05, 4.69) is 21.2 Å². The average Bonchev–Trinajstić information content (AvgIpc) is 2.40. The van der Waals surface area contributed by atoms with Crippen LogP contribution in [0.1, 0.15) is 12.8 Å². The Morgan fingerprint density at radius 3 is 2.81 bits per heavy atom. The maximum atomic E-state index is 11.6. The molecule has 1 aromatic carbocycles. The Labute approximate surface area is 131 Å². The van der Waals surface area contributed by atoms with Crippen LogP contribution in [0.2, 0.25) is 0 Å². The van der Waals surface area contributed by atoms with Crippen LogP contribution >= 0.6 is 15.9 Å². The van der Waals surface area contributed by atoms with Crippen LogP contribution in [-0.4, -0.2) is 43.0 Å². The Balaban J connectivity index is 2.17. The third-order valence-electron chi connectivity index (χ3n) is 3.37. The number of nitrogens with zero attached hydrogens (tertiary/aromatic N) is 2. The van der Waals surface area contributed by atoms with E-state index in [0.717, 1.165) is 12.8 Å². The second-order valence-corrected chi connectivity index (χ2v) is 7.92. The zero-order valence-corrected chi connectivity index (χ0v) is 13.9. The molecular weight excluding hydrogens is 362 g/mol. The molecule has 1 N–H and O–H groups in total. The van der Waals surface area contributed by atoms with E-state index >= 15 is 0 Å². The molecule has 1 aliphatic heterocycles. The number of hydrogen-bond donors (Lipinski definition) is 1. The summed E-state index contributed by atoms with van der Waals surface area (Å²) in [5, 5.41) is 14.2. The lowest BCUT2D eigenvalue weighted by molar-refractivity contribution is -0.384. The van der Waals surface area contributed by atoms with Gasteiger partial charge in [0, 0.05) is 29.7 Å². The fourth-order valence-electron chi connectivity index (χ4n) is 2.36. The first kappa shape index (κ1) is 16.2. The fourth-order valence-corrected chi connectivity index (χ4v) is 3.62. The number of anilines is 1. The fraction of sp³-hybridized carbons (Fsp3) is 0.500. The number of sulfonamides is 1. The van der Waals surface area contributed by atoms with Crippen LogP contribution in [0.5, 0.6) is 0 Å². The van der Waals surface area contributed by atoms with Gasteiger partial charge in [-0.3, -0.25) is 10.1 Å². The van der Waals surface area contributed by atoms with Crippen LogP contribution in [0.3, 0.4) is 0 Å². The molecule has 1 aromatic rings. The smallest absolute Gasteiger partial charge is 0.293 e. The van der Waals surface area contributed by atoms with Gasteiger partial charge in [-0.1, -0.05) is 15.9 Å². The van der Waals surface area contributed by atoms with Crippen molar-refractivity contribution in [1.82, 2.24) is 4.31 Å². The molecule has 1 atom stereocenters. The van der Waals surface area contributed by atoms with E-state index in [9.17, 15) is 18.5 Å². The minimum Gasteiger partial charge on any atom is -0.375 e. The Morgan fingerprint density at radius 2 is 2.19 bits per heavy atom. The van der Waals surface area contributed by atoms with Crippen molar-refractivity contribution < 1.29 is 13.3 Å². The molecule has 1 heterocycles. The monoisotopic (exact) mass is 377 g/mol. The van der Waals surface area contributed by atoms with Crippen LogP contribution in [0.15, 0.2) is 22.7 Å². The maximum absolute atomic E-state index is 11.6. The quantitative estimate of drug-likeness (QED) is 0.641. The molecule has 0 radical (unpaired) electrons. The SMILES string of the molecule is CS(=O)(=O)N1CCCC(Nc2ccc(Br)cc2[N+](=O)[O-])C1. The van der Waals surface area contributed by atoms with Crippen LogP contribution in [0, 0.1) is 10.1 Å². The summed E-state index contributed by atoms with van der Waals surface area (Å²) in [7, 11) is -3.23. The first-order chi connectivity index (χ1) is 9.77. The molecule has 0 saturated carbocycles. The Bertz CT molecular complexity index is 650. The minimum absolute atomic E-state index is 0.0270. The Hall–Kier alpha value is -1.19. The first-order valence-electron chi connectivity index (χ1n) is 6.43. The molecule has 21 heavy (non-hydrogen) atoms. The third kappa shape index (κ3) is 4.14. The number of benzene rings is 1. The van der Waals surface area contributed by atoms with Gasteiger partial charge < -0.3 is 5.32 Å². The molecule has 0 spiro atoms. The summed E-state index contributed by atoms with van der Waals surface area (Å²) in [6.45, 7) is 0.825. The topological polar surface area (TPSA) is 92.6 Å². The molecule has 0 amide bonds. The molecule has 1 aliphatic rings. The average molecular weight is 378 g/mol. The summed E-state index contributed by atoms with van der Waals surface area (Å²) in [4.78, 5) is 10.6. The lowest BCUT2D eigenvalue weighted by Gasteiger charge is -2.31. The highest BCUT2D eigenvalue weighted by Crippen LogP contribution is 2.29. The molecule has 1 unspecified atom stereocenters. The molecule has 1 fully saturated rings. The van der Waals surface area contributed by atoms with Crippen molar-refractivity contribution in [3.05, 3.63) is 32.8 Å². The standard InChI is InChI=1S/C12H16BrN3O4S/c1-21(19,20)15-6-2-3-10(8-15)14-11-5-4-9(13)7-12(11)16(17)18/h4-5,7,10,14H,2-3,6,8H2,1H3. The summed E-state index contributed by atoms with van der Waals surface area (Å²) in [6.07, 6.45) is 2.69. The van der Waals surface area contributed by atoms with E-state index in [0.29, 0.717) is 23.2 Å². The van der Waals surface area contributed by atoms with Gasteiger partial charge in [-0.05, 0) is 25.0 Å². The summed E-state index contributed by atoms with van der Waals surface area (Å²) in [5.41, 5.74) is 0.379. The van der Waals surface area contributed by atoms with Gasteiger partial charge >= 0.3 is 0 Å². The number of piperidine rings is 1. The first-order valence-corrected chi connectivity index (χ1v) is 9.07. The second kappa shape index (κ2) is 6.29. The lowest BCUT2D eigenvalue weighted by atomic mass is 10.1. The number of nitrogens with one attached hydrogen (secondary N) is 1. The van der Waals surface area contributed by atoms with E-state index in [4.69, 9.17) is 0 Å². The Morgan fingerprint density at radius 1 is 1.48 bits per heavy atom. The van der Waals surface area contributed by atoms with Crippen molar-refractivity contribution in [3.8, 4) is 0 Å². The molecule has 2 rings (SSSR count). The number of nitro groups is 1. The van der Waals surface area contributed by atoms with Crippen LogP contribution in [0.25, 0.3) is 0 Å². The predicted molar refractivity (Wildman–Crippen MR) is 83.9 cm³/mol. The molecule has 1 saturated heterocycles. The van der Waals surface area contributed by atoms with Gasteiger partial charge in [-0.2, -0.15) is 0 Å². The van der Waals surface area contributed by atoms with Crippen molar-refractivity contribution >= 4 is 37.3 Å². The van der Waals surface area contributed by atoms with Crippen LogP contribution < -0.4 is 5.32 Å². The summed E-state index contributed by atoms with van der Waals surface area (Å²) < 4.78 is 25.2. The lowest BCUT2D eigenvalue weighted by Crippen LogP contribution is -2.44. The summed E-state index contributed by atoms with van der Waals surface area (Å²) in [6, 6.07) is 4.64.